The highest BCUT2D eigenvalue weighted by molar-refractivity contribution is 6.07. The molecule has 3 atom stereocenters. The molecule has 244 valence electrons. The molecule has 2 N–H and O–H groups in total. The Morgan fingerprint density at radius 1 is 0.841 bits per heavy atom. The molecule has 6 heteroatoms. The maximum absolute atomic E-state index is 14.8. The van der Waals surface area contributed by atoms with Crippen molar-refractivity contribution in [1.29, 1.82) is 0 Å². The molecule has 0 spiro atoms. The van der Waals surface area contributed by atoms with Gasteiger partial charge in [-0.2, -0.15) is 0 Å². The largest absolute Gasteiger partial charge is 0.481 e. The van der Waals surface area contributed by atoms with Crippen LogP contribution in [0.15, 0.2) is 48.5 Å². The van der Waals surface area contributed by atoms with E-state index >= 15 is 0 Å². The second-order valence-corrected chi connectivity index (χ2v) is 13.2. The van der Waals surface area contributed by atoms with E-state index < -0.39 is 17.4 Å². The summed E-state index contributed by atoms with van der Waals surface area (Å²) in [4.78, 5) is 31.0. The number of nitrogens with one attached hydrogen (secondary N) is 1. The van der Waals surface area contributed by atoms with Gasteiger partial charge in [0.1, 0.15) is 0 Å². The number of anilines is 1. The number of unbranched alkanes of at least 4 members (excludes halogenated alkanes) is 8. The van der Waals surface area contributed by atoms with Crippen LogP contribution in [0.25, 0.3) is 0 Å². The topological polar surface area (TPSA) is 72.9 Å². The molecule has 0 amide bonds. The van der Waals surface area contributed by atoms with Gasteiger partial charge in [0.05, 0.1) is 11.5 Å². The molecule has 1 saturated heterocycles. The van der Waals surface area contributed by atoms with E-state index in [-0.39, 0.29) is 11.8 Å². The van der Waals surface area contributed by atoms with Crippen molar-refractivity contribution in [2.75, 3.05) is 38.1 Å². The number of carbonyl (C=O) groups excluding carboxylic acids is 1. The smallest absolute Gasteiger partial charge is 0.310 e. The first-order valence-electron chi connectivity index (χ1n) is 17.4. The van der Waals surface area contributed by atoms with Gasteiger partial charge in [0, 0.05) is 43.5 Å². The van der Waals surface area contributed by atoms with E-state index in [1.54, 1.807) is 6.92 Å². The summed E-state index contributed by atoms with van der Waals surface area (Å²) in [6, 6.07) is 16.2. The summed E-state index contributed by atoms with van der Waals surface area (Å²) in [6.07, 6.45) is 14.0. The van der Waals surface area contributed by atoms with Crippen LogP contribution in [0, 0.1) is 0 Å². The molecular weight excluding hydrogens is 546 g/mol. The summed E-state index contributed by atoms with van der Waals surface area (Å²) < 4.78 is 0. The third-order valence-corrected chi connectivity index (χ3v) is 9.65. The van der Waals surface area contributed by atoms with Crippen molar-refractivity contribution < 1.29 is 14.7 Å². The number of carboxylic acids is 1. The Bertz CT molecular complexity index is 1140. The van der Waals surface area contributed by atoms with Crippen LogP contribution in [0.1, 0.15) is 126 Å². The molecule has 0 aliphatic carbocycles. The van der Waals surface area contributed by atoms with Crippen LogP contribution in [0.5, 0.6) is 0 Å². The zero-order chi connectivity index (χ0) is 32.0. The van der Waals surface area contributed by atoms with Gasteiger partial charge in [-0.05, 0) is 63.4 Å². The Morgan fingerprint density at radius 3 is 2.02 bits per heavy atom. The minimum Gasteiger partial charge on any atom is -0.481 e. The quantitative estimate of drug-likeness (QED) is 0.117. The molecule has 3 rings (SSSR count). The molecule has 2 aromatic carbocycles. The van der Waals surface area contributed by atoms with Crippen LogP contribution in [0.4, 0.5) is 5.69 Å². The number of ketones is 1. The highest BCUT2D eigenvalue weighted by Gasteiger charge is 2.39. The monoisotopic (exact) mass is 605 g/mol. The number of aliphatic carboxylic acids is 1. The lowest BCUT2D eigenvalue weighted by atomic mass is 9.79. The number of likely N-dealkylation sites (N-methyl/N-ethyl adjacent to an activating group) is 1. The third kappa shape index (κ3) is 10.4. The number of hydrogen-bond donors (Lipinski definition) is 2. The lowest BCUT2D eigenvalue weighted by Crippen LogP contribution is -2.57. The average molecular weight is 606 g/mol. The molecular formula is C38H59N3O3. The summed E-state index contributed by atoms with van der Waals surface area (Å²) in [5.41, 5.74) is 2.88. The number of Topliss-reactive ketones (excluding diaryl/α,β-unsaturated/α-hetero) is 1. The van der Waals surface area contributed by atoms with Crippen molar-refractivity contribution in [1.82, 2.24) is 10.2 Å². The van der Waals surface area contributed by atoms with Gasteiger partial charge in [-0.25, -0.2) is 0 Å². The van der Waals surface area contributed by atoms with Crippen molar-refractivity contribution in [3.8, 4) is 0 Å². The first-order chi connectivity index (χ1) is 21.2. The van der Waals surface area contributed by atoms with E-state index in [2.05, 4.69) is 49.0 Å². The minimum absolute atomic E-state index is 0.149. The fourth-order valence-corrected chi connectivity index (χ4v) is 6.55. The molecule has 0 aromatic heterocycles. The zero-order valence-electron chi connectivity index (χ0n) is 28.2. The number of carbonyl (C=O) groups is 2. The molecule has 0 saturated carbocycles. The molecule has 6 nitrogen and oxygen atoms in total. The SMILES string of the molecule is CCCCCCCCCCCC(C)NC(CC)(Cc1ccc(C(C)C(=O)O)cc1)C(=O)c1ccccc1N1CCN(C)CC1. The Labute approximate surface area is 267 Å². The van der Waals surface area contributed by atoms with E-state index in [4.69, 9.17) is 0 Å². The van der Waals surface area contributed by atoms with E-state index in [0.717, 1.165) is 61.4 Å². The Hall–Kier alpha value is -2.70. The highest BCUT2D eigenvalue weighted by Crippen LogP contribution is 2.31. The molecule has 1 heterocycles. The van der Waals surface area contributed by atoms with Gasteiger partial charge in [0.25, 0.3) is 0 Å². The number of para-hydroxylation sites is 1. The van der Waals surface area contributed by atoms with Gasteiger partial charge in [-0.1, -0.05) is 108 Å². The van der Waals surface area contributed by atoms with Crippen molar-refractivity contribution >= 4 is 17.4 Å². The molecule has 0 bridgehead atoms. The predicted octanol–water partition coefficient (Wildman–Crippen LogP) is 8.10. The van der Waals surface area contributed by atoms with Crippen LogP contribution in [0.2, 0.25) is 0 Å². The summed E-state index contributed by atoms with van der Waals surface area (Å²) >= 11 is 0. The van der Waals surface area contributed by atoms with Crippen molar-refractivity contribution in [3.05, 3.63) is 65.2 Å². The molecule has 3 unspecified atom stereocenters. The van der Waals surface area contributed by atoms with Crippen LogP contribution in [0.3, 0.4) is 0 Å². The van der Waals surface area contributed by atoms with E-state index in [1.165, 1.54) is 51.4 Å². The third-order valence-electron chi connectivity index (χ3n) is 9.65. The molecule has 0 radical (unpaired) electrons. The average Bonchev–Trinajstić information content (AvgIpc) is 3.03. The number of piperazine rings is 1. The van der Waals surface area contributed by atoms with Crippen LogP contribution in [-0.4, -0.2) is 66.6 Å². The van der Waals surface area contributed by atoms with Crippen molar-refractivity contribution in [3.63, 3.8) is 0 Å². The Kier molecular flexibility index (Phi) is 14.9. The van der Waals surface area contributed by atoms with Crippen molar-refractivity contribution in [2.24, 2.45) is 0 Å². The van der Waals surface area contributed by atoms with E-state index in [9.17, 15) is 14.7 Å². The summed E-state index contributed by atoms with van der Waals surface area (Å²) in [5, 5.41) is 13.4. The number of hydrogen-bond acceptors (Lipinski definition) is 5. The van der Waals surface area contributed by atoms with E-state index in [1.807, 2.05) is 42.5 Å². The van der Waals surface area contributed by atoms with E-state index in [0.29, 0.717) is 12.8 Å². The maximum Gasteiger partial charge on any atom is 0.310 e. The van der Waals surface area contributed by atoms with Gasteiger partial charge in [0.2, 0.25) is 0 Å². The number of benzene rings is 2. The number of carboxylic acid groups (broad SMARTS) is 1. The summed E-state index contributed by atoms with van der Waals surface area (Å²) in [6.45, 7) is 12.1. The maximum atomic E-state index is 14.8. The van der Waals surface area contributed by atoms with Crippen LogP contribution < -0.4 is 10.2 Å². The second-order valence-electron chi connectivity index (χ2n) is 13.2. The van der Waals surface area contributed by atoms with Gasteiger partial charge in [0.15, 0.2) is 5.78 Å². The molecule has 1 aliphatic heterocycles. The van der Waals surface area contributed by atoms with Crippen LogP contribution >= 0.6 is 0 Å². The number of nitrogens with zero attached hydrogens (tertiary/aromatic N) is 2. The summed E-state index contributed by atoms with van der Waals surface area (Å²) in [5.74, 6) is -1.24. The standard InChI is InChI=1S/C38H59N3O3/c1-6-8-9-10-11-12-13-14-15-18-30(3)39-38(7-2,29-32-21-23-33(24-22-32)31(4)37(43)44)36(42)34-19-16-17-20-35(34)41-27-25-40(5)26-28-41/h16-17,19-24,30-31,39H,6-15,18,25-29H2,1-5H3,(H,43,44). The Morgan fingerprint density at radius 2 is 1.43 bits per heavy atom. The highest BCUT2D eigenvalue weighted by atomic mass is 16.4. The fourth-order valence-electron chi connectivity index (χ4n) is 6.55. The van der Waals surface area contributed by atoms with Gasteiger partial charge >= 0.3 is 5.97 Å². The first-order valence-corrected chi connectivity index (χ1v) is 17.4. The van der Waals surface area contributed by atoms with Gasteiger partial charge in [-0.3, -0.25) is 9.59 Å². The molecule has 2 aromatic rings. The zero-order valence-corrected chi connectivity index (χ0v) is 28.2. The molecule has 1 fully saturated rings. The lowest BCUT2D eigenvalue weighted by Gasteiger charge is -2.39. The second kappa shape index (κ2) is 18.3. The predicted molar refractivity (Wildman–Crippen MR) is 184 cm³/mol. The normalized spacial score (nSPS) is 16.8. The first kappa shape index (κ1) is 35.8. The molecule has 1 aliphatic rings. The lowest BCUT2D eigenvalue weighted by molar-refractivity contribution is -0.138. The van der Waals surface area contributed by atoms with Gasteiger partial charge in [-0.15, -0.1) is 0 Å². The van der Waals surface area contributed by atoms with Gasteiger partial charge < -0.3 is 20.2 Å². The fraction of sp³-hybridized carbons (Fsp3) is 0.632. The minimum atomic E-state index is -0.830. The van der Waals surface area contributed by atoms with Crippen molar-refractivity contribution in [2.45, 2.75) is 122 Å². The Balaban J connectivity index is 1.78. The molecule has 44 heavy (non-hydrogen) atoms. The number of rotatable bonds is 20. The summed E-state index contributed by atoms with van der Waals surface area (Å²) in [7, 11) is 2.15. The van der Waals surface area contributed by atoms with Crippen LogP contribution in [-0.2, 0) is 11.2 Å².